The van der Waals surface area contributed by atoms with Gasteiger partial charge in [-0.15, -0.1) is 0 Å². The van der Waals surface area contributed by atoms with Crippen molar-refractivity contribution in [2.45, 2.75) is 25.2 Å². The third kappa shape index (κ3) is 3.11. The summed E-state index contributed by atoms with van der Waals surface area (Å²) in [5.41, 5.74) is 0.611. The molecule has 124 valence electrons. The average Bonchev–Trinajstić information content (AvgIpc) is 2.62. The summed E-state index contributed by atoms with van der Waals surface area (Å²) in [6, 6.07) is 10.1. The molecule has 0 spiro atoms. The summed E-state index contributed by atoms with van der Waals surface area (Å²) >= 11 is 0. The summed E-state index contributed by atoms with van der Waals surface area (Å²) in [7, 11) is 0. The molecule has 0 radical (unpaired) electrons. The van der Waals surface area contributed by atoms with Gasteiger partial charge in [0.2, 0.25) is 11.8 Å². The molecule has 2 amide bonds. The van der Waals surface area contributed by atoms with Crippen LogP contribution in [0.1, 0.15) is 25.3 Å². The first-order valence-electron chi connectivity index (χ1n) is 8.32. The molecule has 0 atom stereocenters. The second kappa shape index (κ2) is 6.71. The van der Waals surface area contributed by atoms with Gasteiger partial charge in [-0.3, -0.25) is 9.59 Å². The SMILES string of the molecule is CC(=O)N1CCN(C(=O)C2(c3ccccc3)CCOCC2)CC1. The van der Waals surface area contributed by atoms with E-state index in [1.54, 1.807) is 6.92 Å². The van der Waals surface area contributed by atoms with Crippen molar-refractivity contribution in [3.05, 3.63) is 35.9 Å². The van der Waals surface area contributed by atoms with Gasteiger partial charge in [0.15, 0.2) is 0 Å². The first-order chi connectivity index (χ1) is 11.1. The van der Waals surface area contributed by atoms with Gasteiger partial charge in [0.1, 0.15) is 0 Å². The second-order valence-corrected chi connectivity index (χ2v) is 6.36. The number of benzene rings is 1. The van der Waals surface area contributed by atoms with Gasteiger partial charge in [0.25, 0.3) is 0 Å². The molecule has 2 aliphatic rings. The van der Waals surface area contributed by atoms with E-state index < -0.39 is 5.41 Å². The van der Waals surface area contributed by atoms with E-state index in [9.17, 15) is 9.59 Å². The van der Waals surface area contributed by atoms with E-state index in [4.69, 9.17) is 4.74 Å². The van der Waals surface area contributed by atoms with Crippen LogP contribution in [0.15, 0.2) is 30.3 Å². The van der Waals surface area contributed by atoms with Gasteiger partial charge in [-0.2, -0.15) is 0 Å². The normalized spacial score (nSPS) is 21.1. The molecule has 2 fully saturated rings. The highest BCUT2D eigenvalue weighted by atomic mass is 16.5. The smallest absolute Gasteiger partial charge is 0.233 e. The van der Waals surface area contributed by atoms with E-state index in [-0.39, 0.29) is 11.8 Å². The quantitative estimate of drug-likeness (QED) is 0.829. The highest BCUT2D eigenvalue weighted by molar-refractivity contribution is 5.88. The van der Waals surface area contributed by atoms with E-state index in [1.165, 1.54) is 0 Å². The van der Waals surface area contributed by atoms with Crippen LogP contribution in [-0.2, 0) is 19.7 Å². The Balaban J connectivity index is 1.81. The standard InChI is InChI=1S/C18H24N2O3/c1-15(21)19-9-11-20(12-10-19)17(22)18(7-13-23-14-8-18)16-5-3-2-4-6-16/h2-6H,7-14H2,1H3. The Morgan fingerprint density at radius 1 is 0.957 bits per heavy atom. The minimum absolute atomic E-state index is 0.0842. The number of rotatable bonds is 2. The third-order valence-electron chi connectivity index (χ3n) is 5.09. The topological polar surface area (TPSA) is 49.9 Å². The third-order valence-corrected chi connectivity index (χ3v) is 5.09. The summed E-state index contributed by atoms with van der Waals surface area (Å²) in [4.78, 5) is 28.5. The summed E-state index contributed by atoms with van der Waals surface area (Å²) in [5.74, 6) is 0.274. The fraction of sp³-hybridized carbons (Fsp3) is 0.556. The van der Waals surface area contributed by atoms with Gasteiger partial charge in [-0.1, -0.05) is 30.3 Å². The van der Waals surface area contributed by atoms with E-state index >= 15 is 0 Å². The van der Waals surface area contributed by atoms with Crippen molar-refractivity contribution < 1.29 is 14.3 Å². The maximum atomic E-state index is 13.3. The Morgan fingerprint density at radius 2 is 1.52 bits per heavy atom. The number of hydrogen-bond donors (Lipinski definition) is 0. The number of hydrogen-bond acceptors (Lipinski definition) is 3. The van der Waals surface area contributed by atoms with Crippen LogP contribution in [0.2, 0.25) is 0 Å². The van der Waals surface area contributed by atoms with Crippen LogP contribution < -0.4 is 0 Å². The molecule has 1 aromatic carbocycles. The first kappa shape index (κ1) is 16.0. The molecule has 23 heavy (non-hydrogen) atoms. The van der Waals surface area contributed by atoms with Gasteiger partial charge >= 0.3 is 0 Å². The molecule has 2 saturated heterocycles. The fourth-order valence-electron chi connectivity index (χ4n) is 3.63. The van der Waals surface area contributed by atoms with Gasteiger partial charge in [-0.25, -0.2) is 0 Å². The van der Waals surface area contributed by atoms with Crippen LogP contribution >= 0.6 is 0 Å². The number of carbonyl (C=O) groups is 2. The minimum atomic E-state index is -0.474. The van der Waals surface area contributed by atoms with Gasteiger partial charge < -0.3 is 14.5 Å². The molecular weight excluding hydrogens is 292 g/mol. The molecule has 0 bridgehead atoms. The van der Waals surface area contributed by atoms with Gasteiger partial charge in [-0.05, 0) is 18.4 Å². The first-order valence-corrected chi connectivity index (χ1v) is 8.32. The van der Waals surface area contributed by atoms with Crippen molar-refractivity contribution in [3.8, 4) is 0 Å². The van der Waals surface area contributed by atoms with Crippen LogP contribution in [0.3, 0.4) is 0 Å². The van der Waals surface area contributed by atoms with E-state index in [0.717, 1.165) is 18.4 Å². The zero-order chi connectivity index (χ0) is 16.3. The lowest BCUT2D eigenvalue weighted by atomic mass is 9.73. The van der Waals surface area contributed by atoms with Crippen molar-refractivity contribution >= 4 is 11.8 Å². The lowest BCUT2D eigenvalue weighted by molar-refractivity contribution is -0.145. The monoisotopic (exact) mass is 316 g/mol. The Labute approximate surface area is 137 Å². The average molecular weight is 316 g/mol. The fourth-order valence-corrected chi connectivity index (χ4v) is 3.63. The van der Waals surface area contributed by atoms with Gasteiger partial charge in [0, 0.05) is 46.3 Å². The molecule has 0 unspecified atom stereocenters. The molecule has 5 nitrogen and oxygen atoms in total. The molecule has 2 aliphatic heterocycles. The van der Waals surface area contributed by atoms with Crippen LogP contribution in [0, 0.1) is 0 Å². The van der Waals surface area contributed by atoms with Crippen molar-refractivity contribution in [3.63, 3.8) is 0 Å². The summed E-state index contributed by atoms with van der Waals surface area (Å²) < 4.78 is 5.51. The number of ether oxygens (including phenoxy) is 1. The number of piperazine rings is 1. The second-order valence-electron chi connectivity index (χ2n) is 6.36. The molecule has 1 aromatic rings. The highest BCUT2D eigenvalue weighted by Gasteiger charge is 2.44. The van der Waals surface area contributed by atoms with Crippen molar-refractivity contribution in [1.29, 1.82) is 0 Å². The van der Waals surface area contributed by atoms with Crippen LogP contribution in [0.4, 0.5) is 0 Å². The zero-order valence-electron chi connectivity index (χ0n) is 13.7. The largest absolute Gasteiger partial charge is 0.381 e. The molecule has 2 heterocycles. The van der Waals surface area contributed by atoms with E-state index in [1.807, 2.05) is 28.0 Å². The number of amides is 2. The Morgan fingerprint density at radius 3 is 2.09 bits per heavy atom. The zero-order valence-corrected chi connectivity index (χ0v) is 13.7. The molecule has 5 heteroatoms. The summed E-state index contributed by atoms with van der Waals surface area (Å²) in [6.45, 7) is 5.32. The van der Waals surface area contributed by atoms with Crippen molar-refractivity contribution in [2.24, 2.45) is 0 Å². The molecule has 3 rings (SSSR count). The van der Waals surface area contributed by atoms with Crippen LogP contribution in [0.5, 0.6) is 0 Å². The maximum Gasteiger partial charge on any atom is 0.233 e. The van der Waals surface area contributed by atoms with Gasteiger partial charge in [0.05, 0.1) is 5.41 Å². The molecule has 0 aliphatic carbocycles. The minimum Gasteiger partial charge on any atom is -0.381 e. The number of nitrogens with zero attached hydrogens (tertiary/aromatic N) is 2. The summed E-state index contributed by atoms with van der Waals surface area (Å²) in [6.07, 6.45) is 1.45. The lowest BCUT2D eigenvalue weighted by Crippen LogP contribution is -2.56. The molecule has 0 N–H and O–H groups in total. The van der Waals surface area contributed by atoms with Crippen molar-refractivity contribution in [2.75, 3.05) is 39.4 Å². The lowest BCUT2D eigenvalue weighted by Gasteiger charge is -2.43. The van der Waals surface area contributed by atoms with Crippen LogP contribution in [-0.4, -0.2) is 61.0 Å². The Hall–Kier alpha value is -1.88. The predicted molar refractivity (Wildman–Crippen MR) is 87.0 cm³/mol. The van der Waals surface area contributed by atoms with Crippen molar-refractivity contribution in [1.82, 2.24) is 9.80 Å². The maximum absolute atomic E-state index is 13.3. The van der Waals surface area contributed by atoms with Crippen LogP contribution in [0.25, 0.3) is 0 Å². The molecule has 0 aromatic heterocycles. The summed E-state index contributed by atoms with van der Waals surface area (Å²) in [5, 5.41) is 0. The number of carbonyl (C=O) groups excluding carboxylic acids is 2. The van der Waals surface area contributed by atoms with E-state index in [2.05, 4.69) is 12.1 Å². The Kier molecular flexibility index (Phi) is 4.66. The van der Waals surface area contributed by atoms with E-state index in [0.29, 0.717) is 39.4 Å². The Bertz CT molecular complexity index is 559. The molecule has 0 saturated carbocycles. The highest BCUT2D eigenvalue weighted by Crippen LogP contribution is 2.37. The predicted octanol–water partition coefficient (Wildman–Crippen LogP) is 1.43. The molecular formula is C18H24N2O3.